The van der Waals surface area contributed by atoms with E-state index >= 15 is 0 Å². The van der Waals surface area contributed by atoms with Crippen molar-refractivity contribution in [2.24, 2.45) is 0 Å². The number of carbonyl (C=O) groups is 1. The van der Waals surface area contributed by atoms with Gasteiger partial charge in [-0.1, -0.05) is 5.16 Å². The van der Waals surface area contributed by atoms with Crippen LogP contribution >= 0.6 is 0 Å². The number of benzene rings is 1. The fourth-order valence-corrected chi connectivity index (χ4v) is 3.61. The molecule has 152 valence electrons. The first-order chi connectivity index (χ1) is 14.2. The van der Waals surface area contributed by atoms with Crippen LogP contribution in [0.2, 0.25) is 0 Å². The summed E-state index contributed by atoms with van der Waals surface area (Å²) >= 11 is 0. The number of H-pyrrole nitrogens is 1. The van der Waals surface area contributed by atoms with Crippen LogP contribution in [0.15, 0.2) is 29.0 Å². The van der Waals surface area contributed by atoms with Crippen molar-refractivity contribution in [2.45, 2.75) is 31.7 Å². The van der Waals surface area contributed by atoms with Gasteiger partial charge in [0.1, 0.15) is 17.8 Å². The summed E-state index contributed by atoms with van der Waals surface area (Å²) in [5.74, 6) is 2.67. The van der Waals surface area contributed by atoms with Crippen LogP contribution in [0.25, 0.3) is 11.6 Å². The highest BCUT2D eigenvalue weighted by Crippen LogP contribution is 2.39. The average Bonchev–Trinajstić information content (AvgIpc) is 3.52. The molecule has 1 aliphatic rings. The van der Waals surface area contributed by atoms with Gasteiger partial charge in [0.2, 0.25) is 17.6 Å². The van der Waals surface area contributed by atoms with E-state index < -0.39 is 0 Å². The first-order valence-electron chi connectivity index (χ1n) is 9.39. The summed E-state index contributed by atoms with van der Waals surface area (Å²) in [6.45, 7) is 0.705. The van der Waals surface area contributed by atoms with E-state index in [0.29, 0.717) is 30.5 Å². The SMILES string of the molecule is COc1ccc(OC)c(C2CCCN2C(=O)CCc2nc(-c3ncn[nH]3)no2)c1. The van der Waals surface area contributed by atoms with Gasteiger partial charge in [-0.3, -0.25) is 9.89 Å². The third-order valence-electron chi connectivity index (χ3n) is 5.02. The van der Waals surface area contributed by atoms with Gasteiger partial charge in [0.25, 0.3) is 0 Å². The number of hydrogen-bond donors (Lipinski definition) is 1. The summed E-state index contributed by atoms with van der Waals surface area (Å²) in [4.78, 5) is 23.1. The molecule has 3 aromatic rings. The Morgan fingerprint density at radius 3 is 3.00 bits per heavy atom. The molecule has 0 spiro atoms. The molecule has 0 aliphatic carbocycles. The van der Waals surface area contributed by atoms with Gasteiger partial charge < -0.3 is 18.9 Å². The molecule has 3 heterocycles. The van der Waals surface area contributed by atoms with Gasteiger partial charge in [0.05, 0.1) is 20.3 Å². The summed E-state index contributed by atoms with van der Waals surface area (Å²) < 4.78 is 16.1. The Kier molecular flexibility index (Phi) is 5.41. The lowest BCUT2D eigenvalue weighted by Gasteiger charge is -2.26. The van der Waals surface area contributed by atoms with Crippen LogP contribution in [0, 0.1) is 0 Å². The van der Waals surface area contributed by atoms with Gasteiger partial charge in [0.15, 0.2) is 5.82 Å². The van der Waals surface area contributed by atoms with E-state index in [0.717, 1.165) is 29.9 Å². The highest BCUT2D eigenvalue weighted by molar-refractivity contribution is 5.77. The molecule has 0 saturated carbocycles. The number of nitrogens with zero attached hydrogens (tertiary/aromatic N) is 5. The molecule has 10 nitrogen and oxygen atoms in total. The Morgan fingerprint density at radius 2 is 2.24 bits per heavy atom. The van der Waals surface area contributed by atoms with Crippen molar-refractivity contribution in [1.29, 1.82) is 0 Å². The third-order valence-corrected chi connectivity index (χ3v) is 5.02. The zero-order valence-corrected chi connectivity index (χ0v) is 16.3. The molecule has 1 aliphatic heterocycles. The second-order valence-electron chi connectivity index (χ2n) is 6.70. The number of amides is 1. The van der Waals surface area contributed by atoms with Gasteiger partial charge >= 0.3 is 0 Å². The smallest absolute Gasteiger partial charge is 0.239 e. The molecule has 4 rings (SSSR count). The Bertz CT molecular complexity index is 971. The van der Waals surface area contributed by atoms with Crippen molar-refractivity contribution in [3.8, 4) is 23.1 Å². The van der Waals surface area contributed by atoms with Crippen LogP contribution in [-0.2, 0) is 11.2 Å². The minimum atomic E-state index is -0.0417. The molecule has 1 saturated heterocycles. The van der Waals surface area contributed by atoms with E-state index in [9.17, 15) is 4.79 Å². The van der Waals surface area contributed by atoms with E-state index in [2.05, 4.69) is 25.3 Å². The number of methoxy groups -OCH3 is 2. The van der Waals surface area contributed by atoms with Crippen molar-refractivity contribution in [1.82, 2.24) is 30.2 Å². The fraction of sp³-hybridized carbons (Fsp3) is 0.421. The molecule has 0 radical (unpaired) electrons. The van der Waals surface area contributed by atoms with Crippen LogP contribution in [0.1, 0.15) is 36.8 Å². The summed E-state index contributed by atoms with van der Waals surface area (Å²) in [6, 6.07) is 5.63. The maximum Gasteiger partial charge on any atom is 0.239 e. The number of nitrogens with one attached hydrogen (secondary N) is 1. The van der Waals surface area contributed by atoms with Crippen LogP contribution in [0.3, 0.4) is 0 Å². The predicted molar refractivity (Wildman–Crippen MR) is 101 cm³/mol. The summed E-state index contributed by atoms with van der Waals surface area (Å²) in [7, 11) is 3.26. The van der Waals surface area contributed by atoms with E-state index in [4.69, 9.17) is 14.0 Å². The molecule has 10 heteroatoms. The lowest BCUT2D eigenvalue weighted by atomic mass is 10.0. The molecule has 2 aromatic heterocycles. The van der Waals surface area contributed by atoms with E-state index in [1.54, 1.807) is 14.2 Å². The minimum absolute atomic E-state index is 0.0387. The van der Waals surface area contributed by atoms with Crippen molar-refractivity contribution >= 4 is 5.91 Å². The lowest BCUT2D eigenvalue weighted by Crippen LogP contribution is -2.31. The molecular formula is C19H22N6O4. The fourth-order valence-electron chi connectivity index (χ4n) is 3.61. The zero-order valence-electron chi connectivity index (χ0n) is 16.3. The maximum atomic E-state index is 12.9. The molecule has 1 N–H and O–H groups in total. The minimum Gasteiger partial charge on any atom is -0.497 e. The highest BCUT2D eigenvalue weighted by atomic mass is 16.5. The lowest BCUT2D eigenvalue weighted by molar-refractivity contribution is -0.132. The third kappa shape index (κ3) is 3.91. The number of aryl methyl sites for hydroxylation is 1. The highest BCUT2D eigenvalue weighted by Gasteiger charge is 2.32. The topological polar surface area (TPSA) is 119 Å². The summed E-state index contributed by atoms with van der Waals surface area (Å²) in [5, 5.41) is 10.3. The van der Waals surface area contributed by atoms with Gasteiger partial charge in [-0.05, 0) is 31.0 Å². The largest absolute Gasteiger partial charge is 0.497 e. The standard InChI is InChI=1S/C19H22N6O4/c1-27-12-5-6-15(28-2)13(10-12)14-4-3-9-25(14)17(26)8-7-16-22-19(24-29-16)18-20-11-21-23-18/h5-6,10-11,14H,3-4,7-9H2,1-2H3,(H,20,21,23). The van der Waals surface area contributed by atoms with Crippen molar-refractivity contribution in [3.63, 3.8) is 0 Å². The van der Waals surface area contributed by atoms with Crippen LogP contribution < -0.4 is 9.47 Å². The number of carbonyl (C=O) groups excluding carboxylic acids is 1. The molecule has 29 heavy (non-hydrogen) atoms. The number of likely N-dealkylation sites (tertiary alicyclic amines) is 1. The van der Waals surface area contributed by atoms with E-state index in [1.807, 2.05) is 23.1 Å². The Hall–Kier alpha value is -3.43. The van der Waals surface area contributed by atoms with E-state index in [1.165, 1.54) is 6.33 Å². The molecule has 0 bridgehead atoms. The molecule has 1 unspecified atom stereocenters. The molecular weight excluding hydrogens is 376 g/mol. The Morgan fingerprint density at radius 1 is 1.34 bits per heavy atom. The zero-order chi connectivity index (χ0) is 20.2. The first-order valence-corrected chi connectivity index (χ1v) is 9.39. The molecule has 1 aromatic carbocycles. The normalized spacial score (nSPS) is 16.2. The number of rotatable bonds is 7. The monoisotopic (exact) mass is 398 g/mol. The van der Waals surface area contributed by atoms with Crippen LogP contribution in [-0.4, -0.2) is 56.9 Å². The Labute approximate surface area is 167 Å². The van der Waals surface area contributed by atoms with Gasteiger partial charge in [-0.15, -0.1) is 0 Å². The predicted octanol–water partition coefficient (Wildman–Crippen LogP) is 2.17. The van der Waals surface area contributed by atoms with Gasteiger partial charge in [-0.2, -0.15) is 10.1 Å². The van der Waals surface area contributed by atoms with Crippen LogP contribution in [0.5, 0.6) is 11.5 Å². The second-order valence-corrected chi connectivity index (χ2v) is 6.70. The van der Waals surface area contributed by atoms with Crippen molar-refractivity contribution < 1.29 is 18.8 Å². The first kappa shape index (κ1) is 18.9. The van der Waals surface area contributed by atoms with Crippen molar-refractivity contribution in [3.05, 3.63) is 36.0 Å². The number of hydrogen-bond acceptors (Lipinski definition) is 8. The van der Waals surface area contributed by atoms with Gasteiger partial charge in [0, 0.05) is 24.9 Å². The summed E-state index contributed by atoms with van der Waals surface area (Å²) in [5.41, 5.74) is 0.961. The average molecular weight is 398 g/mol. The molecule has 1 atom stereocenters. The number of ether oxygens (including phenoxy) is 2. The molecule has 1 amide bonds. The maximum absolute atomic E-state index is 12.9. The van der Waals surface area contributed by atoms with Gasteiger partial charge in [-0.25, -0.2) is 4.98 Å². The quantitative estimate of drug-likeness (QED) is 0.643. The van der Waals surface area contributed by atoms with Crippen LogP contribution in [0.4, 0.5) is 0 Å². The van der Waals surface area contributed by atoms with E-state index in [-0.39, 0.29) is 18.4 Å². The molecule has 1 fully saturated rings. The van der Waals surface area contributed by atoms with Crippen molar-refractivity contribution in [2.75, 3.05) is 20.8 Å². The number of aromatic amines is 1. The number of aromatic nitrogens is 5. The Balaban J connectivity index is 1.44. The second kappa shape index (κ2) is 8.29. The summed E-state index contributed by atoms with van der Waals surface area (Å²) in [6.07, 6.45) is 3.83.